The van der Waals surface area contributed by atoms with E-state index in [4.69, 9.17) is 5.73 Å². The van der Waals surface area contributed by atoms with E-state index in [0.717, 1.165) is 50.6 Å². The first-order valence-corrected chi connectivity index (χ1v) is 6.70. The standard InChI is InChI=1S/C14H25NO/c1-2-12(10-11-15)8-9-14(16)13-6-4-3-5-7-13/h6,12H,2-5,7-11,15H2,1H3. The molecule has 0 bridgehead atoms. The Labute approximate surface area is 99.3 Å². The van der Waals surface area contributed by atoms with Crippen LogP contribution in [-0.2, 0) is 4.79 Å². The maximum Gasteiger partial charge on any atom is 0.158 e. The second kappa shape index (κ2) is 7.61. The van der Waals surface area contributed by atoms with Gasteiger partial charge in [-0.1, -0.05) is 19.4 Å². The minimum Gasteiger partial charge on any atom is -0.330 e. The molecule has 0 aromatic rings. The molecule has 0 spiro atoms. The molecule has 0 saturated carbocycles. The molecule has 0 aliphatic heterocycles. The summed E-state index contributed by atoms with van der Waals surface area (Å²) in [4.78, 5) is 11.9. The summed E-state index contributed by atoms with van der Waals surface area (Å²) in [5.74, 6) is 1.02. The van der Waals surface area contributed by atoms with Crippen LogP contribution in [0.4, 0.5) is 0 Å². The lowest BCUT2D eigenvalue weighted by atomic mass is 9.90. The monoisotopic (exact) mass is 223 g/mol. The zero-order valence-corrected chi connectivity index (χ0v) is 10.5. The van der Waals surface area contributed by atoms with Crippen LogP contribution >= 0.6 is 0 Å². The first kappa shape index (κ1) is 13.4. The Hall–Kier alpha value is -0.630. The number of rotatable bonds is 7. The summed E-state index contributed by atoms with van der Waals surface area (Å²) >= 11 is 0. The van der Waals surface area contributed by atoms with Crippen LogP contribution in [0.15, 0.2) is 11.6 Å². The number of carbonyl (C=O) groups excluding carboxylic acids is 1. The Morgan fingerprint density at radius 1 is 1.44 bits per heavy atom. The Morgan fingerprint density at radius 3 is 2.81 bits per heavy atom. The molecule has 1 aliphatic rings. The highest BCUT2D eigenvalue weighted by molar-refractivity contribution is 5.95. The van der Waals surface area contributed by atoms with Crippen molar-refractivity contribution in [3.63, 3.8) is 0 Å². The van der Waals surface area contributed by atoms with Crippen molar-refractivity contribution in [1.82, 2.24) is 0 Å². The van der Waals surface area contributed by atoms with E-state index in [1.165, 1.54) is 12.8 Å². The smallest absolute Gasteiger partial charge is 0.158 e. The third kappa shape index (κ3) is 4.48. The predicted octanol–water partition coefficient (Wildman–Crippen LogP) is 3.21. The van der Waals surface area contributed by atoms with Crippen molar-refractivity contribution in [1.29, 1.82) is 0 Å². The van der Waals surface area contributed by atoms with E-state index in [1.807, 2.05) is 0 Å². The molecule has 1 aliphatic carbocycles. The fraction of sp³-hybridized carbons (Fsp3) is 0.786. The predicted molar refractivity (Wildman–Crippen MR) is 68.2 cm³/mol. The molecule has 0 radical (unpaired) electrons. The Bertz CT molecular complexity index is 245. The minimum atomic E-state index is 0.384. The van der Waals surface area contributed by atoms with Gasteiger partial charge in [0, 0.05) is 6.42 Å². The van der Waals surface area contributed by atoms with Gasteiger partial charge in [0.15, 0.2) is 5.78 Å². The van der Waals surface area contributed by atoms with E-state index < -0.39 is 0 Å². The van der Waals surface area contributed by atoms with E-state index in [1.54, 1.807) is 0 Å². The molecule has 1 rings (SSSR count). The lowest BCUT2D eigenvalue weighted by Gasteiger charge is -2.15. The highest BCUT2D eigenvalue weighted by Crippen LogP contribution is 2.22. The van der Waals surface area contributed by atoms with E-state index in [9.17, 15) is 4.79 Å². The Morgan fingerprint density at radius 2 is 2.25 bits per heavy atom. The van der Waals surface area contributed by atoms with Gasteiger partial charge >= 0.3 is 0 Å². The fourth-order valence-corrected chi connectivity index (χ4v) is 2.38. The number of nitrogens with two attached hydrogens (primary N) is 1. The van der Waals surface area contributed by atoms with Crippen molar-refractivity contribution in [2.75, 3.05) is 6.54 Å². The van der Waals surface area contributed by atoms with Crippen LogP contribution in [0, 0.1) is 5.92 Å². The van der Waals surface area contributed by atoms with Gasteiger partial charge in [0.1, 0.15) is 0 Å². The molecule has 16 heavy (non-hydrogen) atoms. The van der Waals surface area contributed by atoms with Gasteiger partial charge in [0.05, 0.1) is 0 Å². The van der Waals surface area contributed by atoms with Gasteiger partial charge in [-0.3, -0.25) is 4.79 Å². The third-order valence-electron chi connectivity index (χ3n) is 3.58. The second-order valence-corrected chi connectivity index (χ2v) is 4.79. The second-order valence-electron chi connectivity index (χ2n) is 4.79. The van der Waals surface area contributed by atoms with Crippen LogP contribution < -0.4 is 5.73 Å². The quantitative estimate of drug-likeness (QED) is 0.720. The van der Waals surface area contributed by atoms with Gasteiger partial charge in [-0.25, -0.2) is 0 Å². The number of hydrogen-bond acceptors (Lipinski definition) is 2. The maximum atomic E-state index is 11.9. The Balaban J connectivity index is 2.30. The van der Waals surface area contributed by atoms with Crippen molar-refractivity contribution >= 4 is 5.78 Å². The summed E-state index contributed by atoms with van der Waals surface area (Å²) in [6, 6.07) is 0. The lowest BCUT2D eigenvalue weighted by Crippen LogP contribution is -2.12. The largest absolute Gasteiger partial charge is 0.330 e. The molecule has 0 heterocycles. The number of ketones is 1. The lowest BCUT2D eigenvalue weighted by molar-refractivity contribution is -0.116. The van der Waals surface area contributed by atoms with E-state index in [2.05, 4.69) is 13.0 Å². The molecule has 2 N–H and O–H groups in total. The van der Waals surface area contributed by atoms with Crippen molar-refractivity contribution in [2.24, 2.45) is 11.7 Å². The summed E-state index contributed by atoms with van der Waals surface area (Å²) in [5.41, 5.74) is 6.65. The maximum absolute atomic E-state index is 11.9. The number of hydrogen-bond donors (Lipinski definition) is 1. The molecular weight excluding hydrogens is 198 g/mol. The van der Waals surface area contributed by atoms with Gasteiger partial charge in [0.25, 0.3) is 0 Å². The van der Waals surface area contributed by atoms with Gasteiger partial charge in [-0.2, -0.15) is 0 Å². The highest BCUT2D eigenvalue weighted by atomic mass is 16.1. The van der Waals surface area contributed by atoms with Crippen molar-refractivity contribution in [3.8, 4) is 0 Å². The first-order valence-electron chi connectivity index (χ1n) is 6.70. The van der Waals surface area contributed by atoms with Gasteiger partial charge in [0.2, 0.25) is 0 Å². The van der Waals surface area contributed by atoms with Crippen LogP contribution in [-0.4, -0.2) is 12.3 Å². The van der Waals surface area contributed by atoms with Gasteiger partial charge in [-0.15, -0.1) is 0 Å². The summed E-state index contributed by atoms with van der Waals surface area (Å²) in [6.45, 7) is 2.93. The van der Waals surface area contributed by atoms with Crippen molar-refractivity contribution < 1.29 is 4.79 Å². The normalized spacial score (nSPS) is 18.0. The zero-order valence-electron chi connectivity index (χ0n) is 10.5. The Kier molecular flexibility index (Phi) is 6.39. The summed E-state index contributed by atoms with van der Waals surface area (Å²) in [6.07, 6.45) is 10.6. The van der Waals surface area contributed by atoms with Crippen LogP contribution in [0.3, 0.4) is 0 Å². The molecular formula is C14H25NO. The summed E-state index contributed by atoms with van der Waals surface area (Å²) in [7, 11) is 0. The van der Waals surface area contributed by atoms with Gasteiger partial charge in [-0.05, 0) is 56.6 Å². The number of allylic oxidation sites excluding steroid dienone is 2. The molecule has 1 unspecified atom stereocenters. The number of carbonyl (C=O) groups is 1. The average Bonchev–Trinajstić information content (AvgIpc) is 2.35. The summed E-state index contributed by atoms with van der Waals surface area (Å²) in [5, 5.41) is 0. The molecule has 2 heteroatoms. The third-order valence-corrected chi connectivity index (χ3v) is 3.58. The molecule has 2 nitrogen and oxygen atoms in total. The molecule has 92 valence electrons. The van der Waals surface area contributed by atoms with Gasteiger partial charge < -0.3 is 5.73 Å². The fourth-order valence-electron chi connectivity index (χ4n) is 2.38. The number of Topliss-reactive ketones (excluding diaryl/α,β-unsaturated/α-hetero) is 1. The zero-order chi connectivity index (χ0) is 11.8. The molecule has 0 aromatic heterocycles. The van der Waals surface area contributed by atoms with E-state index in [0.29, 0.717) is 11.7 Å². The highest BCUT2D eigenvalue weighted by Gasteiger charge is 2.14. The van der Waals surface area contributed by atoms with Crippen LogP contribution in [0.1, 0.15) is 58.3 Å². The average molecular weight is 223 g/mol. The van der Waals surface area contributed by atoms with E-state index >= 15 is 0 Å². The topological polar surface area (TPSA) is 43.1 Å². The molecule has 0 fully saturated rings. The van der Waals surface area contributed by atoms with Crippen LogP contribution in [0.25, 0.3) is 0 Å². The molecule has 0 saturated heterocycles. The first-order chi connectivity index (χ1) is 7.77. The van der Waals surface area contributed by atoms with Crippen LogP contribution in [0.5, 0.6) is 0 Å². The molecule has 0 amide bonds. The van der Waals surface area contributed by atoms with E-state index in [-0.39, 0.29) is 0 Å². The van der Waals surface area contributed by atoms with Crippen LogP contribution in [0.2, 0.25) is 0 Å². The summed E-state index contributed by atoms with van der Waals surface area (Å²) < 4.78 is 0. The SMILES string of the molecule is CCC(CCN)CCC(=O)C1=CCCCC1. The minimum absolute atomic E-state index is 0.384. The molecule has 1 atom stereocenters. The van der Waals surface area contributed by atoms with Crippen molar-refractivity contribution in [3.05, 3.63) is 11.6 Å². The van der Waals surface area contributed by atoms with Crippen molar-refractivity contribution in [2.45, 2.75) is 58.3 Å². The molecule has 0 aromatic carbocycles.